The predicted molar refractivity (Wildman–Crippen MR) is 84.1 cm³/mol. The molecule has 0 atom stereocenters. The Kier molecular flexibility index (Phi) is 3.14. The standard InChI is InChI=1S/C17H18ClNO/c1-17(2)9-7-14-15(11-17)19(10-8-16(14)20)13-5-3-12(18)4-6-13/h3-9,20H,10-11H2,1-2H3. The molecule has 0 unspecified atom stereocenters. The van der Waals surface area contributed by atoms with Crippen LogP contribution in [0.25, 0.3) is 0 Å². The molecule has 3 rings (SSSR count). The second kappa shape index (κ2) is 4.71. The van der Waals surface area contributed by atoms with Gasteiger partial charge in [0, 0.05) is 28.5 Å². The molecule has 0 aromatic heterocycles. The molecule has 1 aliphatic heterocycles. The van der Waals surface area contributed by atoms with Crippen LogP contribution in [0.15, 0.2) is 59.5 Å². The molecule has 1 N–H and O–H groups in total. The smallest absolute Gasteiger partial charge is 0.122 e. The first-order valence-corrected chi connectivity index (χ1v) is 7.19. The third-order valence-electron chi connectivity index (χ3n) is 3.84. The van der Waals surface area contributed by atoms with Gasteiger partial charge in [-0.1, -0.05) is 37.6 Å². The van der Waals surface area contributed by atoms with E-state index in [1.165, 1.54) is 5.70 Å². The Morgan fingerprint density at radius 1 is 1.20 bits per heavy atom. The highest BCUT2D eigenvalue weighted by Crippen LogP contribution is 2.40. The van der Waals surface area contributed by atoms with Gasteiger partial charge in [0.15, 0.2) is 0 Å². The first-order valence-electron chi connectivity index (χ1n) is 6.81. The zero-order chi connectivity index (χ0) is 14.3. The number of aliphatic hydroxyl groups excluding tert-OH is 1. The van der Waals surface area contributed by atoms with Gasteiger partial charge in [0.25, 0.3) is 0 Å². The van der Waals surface area contributed by atoms with E-state index in [-0.39, 0.29) is 5.41 Å². The van der Waals surface area contributed by atoms with Crippen molar-refractivity contribution >= 4 is 17.3 Å². The summed E-state index contributed by atoms with van der Waals surface area (Å²) in [4.78, 5) is 2.25. The summed E-state index contributed by atoms with van der Waals surface area (Å²) in [7, 11) is 0. The molecule has 1 heterocycles. The zero-order valence-electron chi connectivity index (χ0n) is 11.7. The van der Waals surface area contributed by atoms with Crippen LogP contribution in [0.5, 0.6) is 0 Å². The fourth-order valence-corrected chi connectivity index (χ4v) is 2.87. The summed E-state index contributed by atoms with van der Waals surface area (Å²) >= 11 is 5.96. The van der Waals surface area contributed by atoms with Gasteiger partial charge in [0.2, 0.25) is 0 Å². The Hall–Kier alpha value is -1.67. The highest BCUT2D eigenvalue weighted by Gasteiger charge is 2.30. The van der Waals surface area contributed by atoms with Crippen LogP contribution in [-0.2, 0) is 0 Å². The molecule has 3 heteroatoms. The number of benzene rings is 1. The molecule has 2 nitrogen and oxygen atoms in total. The number of nitrogens with zero attached hydrogens (tertiary/aromatic N) is 1. The summed E-state index contributed by atoms with van der Waals surface area (Å²) in [6, 6.07) is 7.85. The highest BCUT2D eigenvalue weighted by molar-refractivity contribution is 6.30. The van der Waals surface area contributed by atoms with Gasteiger partial charge in [0.1, 0.15) is 5.76 Å². The van der Waals surface area contributed by atoms with Crippen molar-refractivity contribution in [2.24, 2.45) is 5.41 Å². The number of aliphatic hydroxyl groups is 1. The zero-order valence-corrected chi connectivity index (χ0v) is 12.5. The van der Waals surface area contributed by atoms with Crippen LogP contribution in [-0.4, -0.2) is 11.7 Å². The van der Waals surface area contributed by atoms with Crippen molar-refractivity contribution in [2.45, 2.75) is 20.3 Å². The fraction of sp³-hybridized carbons (Fsp3) is 0.294. The number of anilines is 1. The molecule has 0 spiro atoms. The van der Waals surface area contributed by atoms with Gasteiger partial charge < -0.3 is 10.0 Å². The topological polar surface area (TPSA) is 23.5 Å². The van der Waals surface area contributed by atoms with Crippen LogP contribution in [0.4, 0.5) is 5.69 Å². The van der Waals surface area contributed by atoms with Crippen molar-refractivity contribution in [1.82, 2.24) is 0 Å². The Bertz CT molecular complexity index is 623. The normalized spacial score (nSPS) is 20.8. The minimum atomic E-state index is 0.112. The highest BCUT2D eigenvalue weighted by atomic mass is 35.5. The van der Waals surface area contributed by atoms with E-state index in [1.54, 1.807) is 0 Å². The van der Waals surface area contributed by atoms with Crippen LogP contribution in [0.2, 0.25) is 5.02 Å². The first kappa shape index (κ1) is 13.3. The molecule has 1 aliphatic carbocycles. The summed E-state index contributed by atoms with van der Waals surface area (Å²) in [5, 5.41) is 10.8. The minimum absolute atomic E-state index is 0.112. The van der Waals surface area contributed by atoms with E-state index < -0.39 is 0 Å². The average Bonchev–Trinajstić information content (AvgIpc) is 2.39. The summed E-state index contributed by atoms with van der Waals surface area (Å²) in [6.07, 6.45) is 6.98. The third kappa shape index (κ3) is 2.36. The quantitative estimate of drug-likeness (QED) is 0.799. The Morgan fingerprint density at radius 3 is 2.60 bits per heavy atom. The molecule has 1 aromatic carbocycles. The number of allylic oxidation sites excluding steroid dienone is 3. The Labute approximate surface area is 124 Å². The van der Waals surface area contributed by atoms with E-state index in [9.17, 15) is 5.11 Å². The van der Waals surface area contributed by atoms with Crippen molar-refractivity contribution in [2.75, 3.05) is 11.4 Å². The van der Waals surface area contributed by atoms with Crippen LogP contribution in [0, 0.1) is 5.41 Å². The Morgan fingerprint density at radius 2 is 1.90 bits per heavy atom. The average molecular weight is 288 g/mol. The van der Waals surface area contributed by atoms with E-state index in [0.29, 0.717) is 12.3 Å². The summed E-state index contributed by atoms with van der Waals surface area (Å²) < 4.78 is 0. The Balaban J connectivity index is 2.03. The van der Waals surface area contributed by atoms with Gasteiger partial charge in [-0.15, -0.1) is 0 Å². The summed E-state index contributed by atoms with van der Waals surface area (Å²) in [5.74, 6) is 0.386. The SMILES string of the molecule is CC1(C)C=CC2=C(C1)N(c1ccc(Cl)cc1)CC=C2O. The van der Waals surface area contributed by atoms with Crippen molar-refractivity contribution < 1.29 is 5.11 Å². The maximum atomic E-state index is 10.1. The maximum Gasteiger partial charge on any atom is 0.122 e. The molecular weight excluding hydrogens is 270 g/mol. The number of hydrogen-bond acceptors (Lipinski definition) is 2. The lowest BCUT2D eigenvalue weighted by atomic mass is 9.80. The van der Waals surface area contributed by atoms with Crippen LogP contribution in [0.1, 0.15) is 20.3 Å². The number of halogens is 1. The lowest BCUT2D eigenvalue weighted by molar-refractivity contribution is 0.406. The van der Waals surface area contributed by atoms with Crippen LogP contribution < -0.4 is 4.90 Å². The van der Waals surface area contributed by atoms with Crippen LogP contribution >= 0.6 is 11.6 Å². The summed E-state index contributed by atoms with van der Waals surface area (Å²) in [6.45, 7) is 5.11. The molecule has 0 amide bonds. The molecule has 0 saturated heterocycles. The lowest BCUT2D eigenvalue weighted by Crippen LogP contribution is -2.32. The van der Waals surface area contributed by atoms with Gasteiger partial charge >= 0.3 is 0 Å². The van der Waals surface area contributed by atoms with E-state index in [4.69, 9.17) is 11.6 Å². The second-order valence-electron chi connectivity index (χ2n) is 6.04. The van der Waals surface area contributed by atoms with E-state index in [0.717, 1.165) is 22.7 Å². The van der Waals surface area contributed by atoms with E-state index in [2.05, 4.69) is 24.8 Å². The fourth-order valence-electron chi connectivity index (χ4n) is 2.75. The van der Waals surface area contributed by atoms with Gasteiger partial charge in [-0.3, -0.25) is 0 Å². The molecule has 0 bridgehead atoms. The molecule has 0 radical (unpaired) electrons. The molecular formula is C17H18ClNO. The predicted octanol–water partition coefficient (Wildman–Crippen LogP) is 4.84. The number of rotatable bonds is 1. The second-order valence-corrected chi connectivity index (χ2v) is 6.47. The van der Waals surface area contributed by atoms with Crippen molar-refractivity contribution in [3.8, 4) is 0 Å². The van der Waals surface area contributed by atoms with Gasteiger partial charge in [-0.2, -0.15) is 0 Å². The van der Waals surface area contributed by atoms with E-state index in [1.807, 2.05) is 36.4 Å². The minimum Gasteiger partial charge on any atom is -0.508 e. The van der Waals surface area contributed by atoms with Crippen molar-refractivity contribution in [1.29, 1.82) is 0 Å². The molecule has 2 aliphatic rings. The van der Waals surface area contributed by atoms with Crippen molar-refractivity contribution in [3.05, 3.63) is 64.5 Å². The lowest BCUT2D eigenvalue weighted by Gasteiger charge is -2.37. The molecule has 0 saturated carbocycles. The van der Waals surface area contributed by atoms with Gasteiger partial charge in [-0.25, -0.2) is 0 Å². The van der Waals surface area contributed by atoms with Gasteiger partial charge in [-0.05, 0) is 42.2 Å². The van der Waals surface area contributed by atoms with Gasteiger partial charge in [0.05, 0.1) is 0 Å². The molecule has 0 fully saturated rings. The first-order chi connectivity index (χ1) is 9.46. The van der Waals surface area contributed by atoms with E-state index >= 15 is 0 Å². The summed E-state index contributed by atoms with van der Waals surface area (Å²) in [5.41, 5.74) is 3.34. The third-order valence-corrected chi connectivity index (χ3v) is 4.09. The van der Waals surface area contributed by atoms with Crippen LogP contribution in [0.3, 0.4) is 0 Å². The largest absolute Gasteiger partial charge is 0.508 e. The molecule has 104 valence electrons. The molecule has 1 aromatic rings. The monoisotopic (exact) mass is 287 g/mol. The maximum absolute atomic E-state index is 10.1. The number of hydrogen-bond donors (Lipinski definition) is 1. The molecule has 20 heavy (non-hydrogen) atoms. The van der Waals surface area contributed by atoms with Crippen molar-refractivity contribution in [3.63, 3.8) is 0 Å².